The number of carbonyl (C=O) groups excluding carboxylic acids is 1. The number of guanidine groups is 1. The van der Waals surface area contributed by atoms with E-state index in [9.17, 15) is 4.79 Å². The standard InChI is InChI=1S/C21H22N4O2.HI/c1-15-7-9-16(10-8-15)13-23-21(25-17-5-3-2-4-6-17)24-14-18-11-12-19(27-18)20(22)26;/h2-12H,13-14H2,1H3,(H2,22,26)(H2,23,24,25);1H. The second-order valence-corrected chi connectivity index (χ2v) is 6.13. The van der Waals surface area contributed by atoms with E-state index in [0.29, 0.717) is 24.8 Å². The van der Waals surface area contributed by atoms with E-state index in [1.54, 1.807) is 12.1 Å². The highest BCUT2D eigenvalue weighted by atomic mass is 127. The molecule has 4 N–H and O–H groups in total. The lowest BCUT2D eigenvalue weighted by Crippen LogP contribution is -2.30. The van der Waals surface area contributed by atoms with Gasteiger partial charge in [-0.1, -0.05) is 48.0 Å². The van der Waals surface area contributed by atoms with Gasteiger partial charge in [0.25, 0.3) is 5.91 Å². The van der Waals surface area contributed by atoms with Gasteiger partial charge in [0.2, 0.25) is 0 Å². The number of anilines is 1. The maximum Gasteiger partial charge on any atom is 0.284 e. The van der Waals surface area contributed by atoms with Crippen LogP contribution in [0.15, 0.2) is 76.1 Å². The molecule has 6 nitrogen and oxygen atoms in total. The van der Waals surface area contributed by atoms with Crippen LogP contribution in [0.25, 0.3) is 0 Å². The molecule has 0 aliphatic heterocycles. The van der Waals surface area contributed by atoms with Crippen LogP contribution in [0.2, 0.25) is 0 Å². The summed E-state index contributed by atoms with van der Waals surface area (Å²) in [6.07, 6.45) is 0. The first-order valence-electron chi connectivity index (χ1n) is 8.64. The van der Waals surface area contributed by atoms with E-state index in [-0.39, 0.29) is 29.7 Å². The summed E-state index contributed by atoms with van der Waals surface area (Å²) >= 11 is 0. The number of rotatable bonds is 6. The van der Waals surface area contributed by atoms with E-state index in [0.717, 1.165) is 11.3 Å². The van der Waals surface area contributed by atoms with Gasteiger partial charge in [0.05, 0.1) is 13.1 Å². The Morgan fingerprint density at radius 2 is 1.75 bits per heavy atom. The third kappa shape index (κ3) is 6.41. The molecule has 0 spiro atoms. The number of benzene rings is 2. The first-order chi connectivity index (χ1) is 13.1. The van der Waals surface area contributed by atoms with E-state index >= 15 is 0 Å². The predicted octanol–water partition coefficient (Wildman–Crippen LogP) is 4.06. The van der Waals surface area contributed by atoms with Crippen molar-refractivity contribution in [3.05, 3.63) is 89.4 Å². The van der Waals surface area contributed by atoms with Crippen LogP contribution >= 0.6 is 24.0 Å². The lowest BCUT2D eigenvalue weighted by atomic mass is 10.1. The van der Waals surface area contributed by atoms with Crippen LogP contribution in [0.4, 0.5) is 5.69 Å². The Balaban J connectivity index is 0.00000280. The van der Waals surface area contributed by atoms with Gasteiger partial charge in [0.1, 0.15) is 5.76 Å². The minimum atomic E-state index is -0.586. The average molecular weight is 490 g/mol. The molecule has 0 radical (unpaired) electrons. The minimum absolute atomic E-state index is 0. The molecule has 0 unspecified atom stereocenters. The number of hydrogen-bond donors (Lipinski definition) is 3. The van der Waals surface area contributed by atoms with Gasteiger partial charge in [-0.2, -0.15) is 0 Å². The summed E-state index contributed by atoms with van der Waals surface area (Å²) in [5.41, 5.74) is 8.47. The van der Waals surface area contributed by atoms with Gasteiger partial charge >= 0.3 is 0 Å². The van der Waals surface area contributed by atoms with Crippen molar-refractivity contribution in [2.24, 2.45) is 10.7 Å². The Hall–Kier alpha value is -2.81. The zero-order valence-corrected chi connectivity index (χ0v) is 17.8. The Bertz CT molecular complexity index is 921. The third-order valence-electron chi connectivity index (χ3n) is 3.91. The van der Waals surface area contributed by atoms with Gasteiger partial charge in [-0.15, -0.1) is 24.0 Å². The van der Waals surface area contributed by atoms with Crippen molar-refractivity contribution in [2.75, 3.05) is 5.32 Å². The Kier molecular flexibility index (Phi) is 8.06. The first-order valence-corrected chi connectivity index (χ1v) is 8.64. The van der Waals surface area contributed by atoms with Gasteiger partial charge in [0, 0.05) is 5.69 Å². The normalized spacial score (nSPS) is 10.8. The lowest BCUT2D eigenvalue weighted by molar-refractivity contribution is 0.0972. The summed E-state index contributed by atoms with van der Waals surface area (Å²) in [7, 11) is 0. The van der Waals surface area contributed by atoms with Gasteiger partial charge in [-0.25, -0.2) is 4.99 Å². The monoisotopic (exact) mass is 490 g/mol. The summed E-state index contributed by atoms with van der Waals surface area (Å²) in [6, 6.07) is 21.3. The van der Waals surface area contributed by atoms with Crippen molar-refractivity contribution >= 4 is 41.5 Å². The zero-order valence-electron chi connectivity index (χ0n) is 15.5. The van der Waals surface area contributed by atoms with Crippen LogP contribution < -0.4 is 16.4 Å². The lowest BCUT2D eigenvalue weighted by Gasteiger charge is -2.12. The molecule has 3 rings (SSSR count). The summed E-state index contributed by atoms with van der Waals surface area (Å²) in [4.78, 5) is 15.8. The molecule has 0 bridgehead atoms. The number of carbonyl (C=O) groups is 1. The SMILES string of the molecule is Cc1ccc(CN=C(NCc2ccc(C(N)=O)o2)Nc2ccccc2)cc1.I. The highest BCUT2D eigenvalue weighted by Crippen LogP contribution is 2.09. The molecule has 0 saturated heterocycles. The fourth-order valence-corrected chi connectivity index (χ4v) is 2.44. The largest absolute Gasteiger partial charge is 0.454 e. The number of para-hydroxylation sites is 1. The maximum absolute atomic E-state index is 11.1. The van der Waals surface area contributed by atoms with E-state index in [4.69, 9.17) is 10.2 Å². The third-order valence-corrected chi connectivity index (χ3v) is 3.91. The first kappa shape index (κ1) is 21.5. The molecule has 0 aliphatic rings. The summed E-state index contributed by atoms with van der Waals surface area (Å²) in [5, 5.41) is 6.48. The molecule has 0 saturated carbocycles. The molecule has 3 aromatic rings. The van der Waals surface area contributed by atoms with Crippen molar-refractivity contribution in [2.45, 2.75) is 20.0 Å². The van der Waals surface area contributed by atoms with Crippen molar-refractivity contribution in [1.29, 1.82) is 0 Å². The molecule has 1 heterocycles. The molecule has 146 valence electrons. The molecule has 28 heavy (non-hydrogen) atoms. The van der Waals surface area contributed by atoms with Gasteiger partial charge in [-0.05, 0) is 36.8 Å². The molecule has 0 atom stereocenters. The molecule has 7 heteroatoms. The second kappa shape index (κ2) is 10.5. The number of nitrogens with two attached hydrogens (primary N) is 1. The Morgan fingerprint density at radius 3 is 2.39 bits per heavy atom. The van der Waals surface area contributed by atoms with Crippen molar-refractivity contribution in [3.63, 3.8) is 0 Å². The fourth-order valence-electron chi connectivity index (χ4n) is 2.44. The van der Waals surface area contributed by atoms with Crippen molar-refractivity contribution < 1.29 is 9.21 Å². The highest BCUT2D eigenvalue weighted by Gasteiger charge is 2.08. The number of aliphatic imine (C=N–C) groups is 1. The van der Waals surface area contributed by atoms with Gasteiger partial charge in [-0.3, -0.25) is 4.79 Å². The van der Waals surface area contributed by atoms with Crippen molar-refractivity contribution in [3.8, 4) is 0 Å². The molecule has 0 fully saturated rings. The van der Waals surface area contributed by atoms with Crippen LogP contribution in [0.3, 0.4) is 0 Å². The smallest absolute Gasteiger partial charge is 0.284 e. The molecule has 0 aliphatic carbocycles. The number of nitrogens with one attached hydrogen (secondary N) is 2. The van der Waals surface area contributed by atoms with Gasteiger partial charge < -0.3 is 20.8 Å². The molecule has 2 aromatic carbocycles. The van der Waals surface area contributed by atoms with Crippen LogP contribution in [-0.4, -0.2) is 11.9 Å². The highest BCUT2D eigenvalue weighted by molar-refractivity contribution is 14.0. The zero-order chi connectivity index (χ0) is 19.1. The number of aryl methyl sites for hydroxylation is 1. The Morgan fingerprint density at radius 1 is 1.04 bits per heavy atom. The molecular weight excluding hydrogens is 467 g/mol. The molecule has 1 aromatic heterocycles. The summed E-state index contributed by atoms with van der Waals surface area (Å²) in [5.74, 6) is 0.762. The second-order valence-electron chi connectivity index (χ2n) is 6.13. The number of halogens is 1. The Labute approximate surface area is 181 Å². The van der Waals surface area contributed by atoms with Gasteiger partial charge in [0.15, 0.2) is 11.7 Å². The van der Waals surface area contributed by atoms with E-state index in [2.05, 4.69) is 46.8 Å². The van der Waals surface area contributed by atoms with Crippen LogP contribution in [0.5, 0.6) is 0 Å². The van der Waals surface area contributed by atoms with Crippen LogP contribution in [0.1, 0.15) is 27.4 Å². The number of hydrogen-bond acceptors (Lipinski definition) is 3. The summed E-state index contributed by atoms with van der Waals surface area (Å²) < 4.78 is 5.40. The van der Waals surface area contributed by atoms with Crippen LogP contribution in [-0.2, 0) is 13.1 Å². The maximum atomic E-state index is 11.1. The predicted molar refractivity (Wildman–Crippen MR) is 122 cm³/mol. The number of primary amides is 1. The van der Waals surface area contributed by atoms with E-state index in [1.165, 1.54) is 5.56 Å². The number of furan rings is 1. The fraction of sp³-hybridized carbons (Fsp3) is 0.143. The van der Waals surface area contributed by atoms with Crippen LogP contribution in [0, 0.1) is 6.92 Å². The minimum Gasteiger partial charge on any atom is -0.454 e. The average Bonchev–Trinajstić information content (AvgIpc) is 3.15. The number of amides is 1. The van der Waals surface area contributed by atoms with E-state index < -0.39 is 5.91 Å². The van der Waals surface area contributed by atoms with Crippen molar-refractivity contribution in [1.82, 2.24) is 5.32 Å². The molecular formula is C21H23IN4O2. The molecule has 1 amide bonds. The van der Waals surface area contributed by atoms with E-state index in [1.807, 2.05) is 30.3 Å². The summed E-state index contributed by atoms with van der Waals surface area (Å²) in [6.45, 7) is 2.97. The number of nitrogens with zero attached hydrogens (tertiary/aromatic N) is 1. The quantitative estimate of drug-likeness (QED) is 0.276. The topological polar surface area (TPSA) is 92.6 Å².